The van der Waals surface area contributed by atoms with Gasteiger partial charge in [0.15, 0.2) is 0 Å². The van der Waals surface area contributed by atoms with Gasteiger partial charge in [-0.05, 0) is 70.6 Å². The van der Waals surface area contributed by atoms with Crippen molar-refractivity contribution in [2.75, 3.05) is 40.9 Å². The Kier molecular flexibility index (Phi) is 41.6. The second-order valence-electron chi connectivity index (χ2n) is 18.1. The van der Waals surface area contributed by atoms with E-state index in [-0.39, 0.29) is 12.5 Å². The monoisotopic (exact) mass is 865 g/mol. The van der Waals surface area contributed by atoms with Crippen LogP contribution in [0.1, 0.15) is 219 Å². The molecule has 0 heterocycles. The van der Waals surface area contributed by atoms with Crippen LogP contribution in [0.15, 0.2) is 48.6 Å². The SMILES string of the molecule is CCCCCCCC/C=C/CC/C=C/CC/C=C/C(O)C(COP(=O)([O-])OCC[N+](C)(C)C)NC(=O)CCCCCCCCC/C=C\CCCCCCCCCCCCC. The van der Waals surface area contributed by atoms with Gasteiger partial charge in [-0.1, -0.05) is 191 Å². The van der Waals surface area contributed by atoms with E-state index >= 15 is 0 Å². The van der Waals surface area contributed by atoms with Crippen LogP contribution in [0.5, 0.6) is 0 Å². The van der Waals surface area contributed by atoms with Crippen molar-refractivity contribution in [3.63, 3.8) is 0 Å². The van der Waals surface area contributed by atoms with Gasteiger partial charge in [-0.3, -0.25) is 9.36 Å². The highest BCUT2D eigenvalue weighted by atomic mass is 31.2. The van der Waals surface area contributed by atoms with Crippen molar-refractivity contribution in [3.8, 4) is 0 Å². The largest absolute Gasteiger partial charge is 0.756 e. The number of carbonyl (C=O) groups is 1. The zero-order chi connectivity index (χ0) is 44.3. The molecule has 0 saturated heterocycles. The summed E-state index contributed by atoms with van der Waals surface area (Å²) in [6.07, 6.45) is 54.5. The molecular formula is C51H97N2O6P. The Morgan fingerprint density at radius 2 is 0.933 bits per heavy atom. The van der Waals surface area contributed by atoms with Crippen LogP contribution in [0.25, 0.3) is 0 Å². The fourth-order valence-electron chi connectivity index (χ4n) is 7.00. The van der Waals surface area contributed by atoms with E-state index in [1.54, 1.807) is 6.08 Å². The van der Waals surface area contributed by atoms with Crippen LogP contribution >= 0.6 is 7.82 Å². The number of hydrogen-bond acceptors (Lipinski definition) is 6. The summed E-state index contributed by atoms with van der Waals surface area (Å²) in [5, 5.41) is 13.8. The predicted molar refractivity (Wildman–Crippen MR) is 256 cm³/mol. The Balaban J connectivity index is 4.37. The molecule has 0 bridgehead atoms. The minimum Gasteiger partial charge on any atom is -0.756 e. The number of quaternary nitrogens is 1. The third-order valence-electron chi connectivity index (χ3n) is 11.0. The predicted octanol–water partition coefficient (Wildman–Crippen LogP) is 13.8. The maximum atomic E-state index is 12.9. The number of carbonyl (C=O) groups excluding carboxylic acids is 1. The van der Waals surface area contributed by atoms with Crippen LogP contribution in [0.3, 0.4) is 0 Å². The summed E-state index contributed by atoms with van der Waals surface area (Å²) in [7, 11) is 1.23. The van der Waals surface area contributed by atoms with Crippen LogP contribution in [-0.4, -0.2) is 68.5 Å². The zero-order valence-electron chi connectivity index (χ0n) is 39.9. The van der Waals surface area contributed by atoms with Crippen molar-refractivity contribution in [3.05, 3.63) is 48.6 Å². The number of allylic oxidation sites excluding steroid dienone is 7. The van der Waals surface area contributed by atoms with Gasteiger partial charge in [0.25, 0.3) is 7.82 Å². The molecule has 3 unspecified atom stereocenters. The first kappa shape index (κ1) is 58.5. The molecule has 0 aromatic heterocycles. The number of phosphoric ester groups is 1. The maximum Gasteiger partial charge on any atom is 0.268 e. The Hall–Kier alpha value is -1.54. The summed E-state index contributed by atoms with van der Waals surface area (Å²) in [6, 6.07) is -0.912. The second kappa shape index (κ2) is 42.7. The van der Waals surface area contributed by atoms with E-state index in [0.29, 0.717) is 17.4 Å². The van der Waals surface area contributed by atoms with E-state index in [0.717, 1.165) is 44.9 Å². The fraction of sp³-hybridized carbons (Fsp3) is 0.824. The van der Waals surface area contributed by atoms with Crippen LogP contribution in [0.4, 0.5) is 0 Å². The molecule has 0 rings (SSSR count). The summed E-state index contributed by atoms with van der Waals surface area (Å²) in [5.41, 5.74) is 0. The molecule has 9 heteroatoms. The lowest BCUT2D eigenvalue weighted by atomic mass is 10.0. The smallest absolute Gasteiger partial charge is 0.268 e. The van der Waals surface area contributed by atoms with Gasteiger partial charge in [-0.25, -0.2) is 0 Å². The highest BCUT2D eigenvalue weighted by molar-refractivity contribution is 7.45. The Bertz CT molecular complexity index is 1120. The van der Waals surface area contributed by atoms with E-state index in [2.05, 4.69) is 55.6 Å². The first-order chi connectivity index (χ1) is 29.0. The Morgan fingerprint density at radius 3 is 1.35 bits per heavy atom. The van der Waals surface area contributed by atoms with Crippen molar-refractivity contribution < 1.29 is 32.9 Å². The molecule has 2 N–H and O–H groups in total. The Labute approximate surface area is 371 Å². The summed E-state index contributed by atoms with van der Waals surface area (Å²) in [4.78, 5) is 25.4. The summed E-state index contributed by atoms with van der Waals surface area (Å²) in [6.45, 7) is 4.61. The van der Waals surface area contributed by atoms with Gasteiger partial charge in [0.2, 0.25) is 5.91 Å². The number of nitrogens with zero attached hydrogens (tertiary/aromatic N) is 1. The fourth-order valence-corrected chi connectivity index (χ4v) is 7.73. The van der Waals surface area contributed by atoms with E-state index in [9.17, 15) is 19.4 Å². The van der Waals surface area contributed by atoms with E-state index in [4.69, 9.17) is 9.05 Å². The van der Waals surface area contributed by atoms with E-state index in [1.165, 1.54) is 154 Å². The van der Waals surface area contributed by atoms with E-state index < -0.39 is 26.6 Å². The average Bonchev–Trinajstić information content (AvgIpc) is 3.20. The normalized spacial score (nSPS) is 14.6. The number of aliphatic hydroxyl groups is 1. The van der Waals surface area contributed by atoms with Crippen LogP contribution in [0, 0.1) is 0 Å². The quantitative estimate of drug-likeness (QED) is 0.0273. The number of aliphatic hydroxyl groups excluding tert-OH is 1. The molecule has 0 radical (unpaired) electrons. The molecule has 0 aromatic carbocycles. The number of hydrogen-bond donors (Lipinski definition) is 2. The van der Waals surface area contributed by atoms with Crippen LogP contribution in [0.2, 0.25) is 0 Å². The molecule has 0 aliphatic carbocycles. The van der Waals surface area contributed by atoms with Gasteiger partial charge in [0.1, 0.15) is 13.2 Å². The summed E-state index contributed by atoms with van der Waals surface area (Å²) in [5.74, 6) is -0.216. The third-order valence-corrected chi connectivity index (χ3v) is 12.0. The topological polar surface area (TPSA) is 108 Å². The van der Waals surface area contributed by atoms with Gasteiger partial charge >= 0.3 is 0 Å². The van der Waals surface area contributed by atoms with Crippen molar-refractivity contribution in [2.24, 2.45) is 0 Å². The standard InChI is InChI=1S/C51H97N2O6P/c1-6-8-10-12-14-16-18-20-22-24-25-26-27-28-29-31-33-35-37-39-41-43-45-51(55)52-49(48-59-60(56,57)58-47-46-53(3,4)5)50(54)44-42-40-38-36-34-32-30-23-21-19-17-15-13-11-9-7-2/h21,23,27-28,34,36,42,44,49-50,54H,6-20,22,24-26,29-33,35,37-41,43,45-48H2,1-5H3,(H-,52,55,56,57)/b23-21+,28-27-,36-34+,44-42+. The van der Waals surface area contributed by atoms with Crippen molar-refractivity contribution in [1.82, 2.24) is 5.32 Å². The molecule has 8 nitrogen and oxygen atoms in total. The first-order valence-electron chi connectivity index (χ1n) is 25.0. The van der Waals surface area contributed by atoms with Gasteiger partial charge < -0.3 is 28.8 Å². The zero-order valence-corrected chi connectivity index (χ0v) is 40.8. The molecule has 0 aliphatic heterocycles. The van der Waals surface area contributed by atoms with Crippen molar-refractivity contribution in [1.29, 1.82) is 0 Å². The van der Waals surface area contributed by atoms with Gasteiger partial charge in [-0.2, -0.15) is 0 Å². The highest BCUT2D eigenvalue weighted by Gasteiger charge is 2.23. The molecule has 0 aromatic rings. The first-order valence-corrected chi connectivity index (χ1v) is 26.5. The van der Waals surface area contributed by atoms with Crippen molar-refractivity contribution in [2.45, 2.75) is 231 Å². The van der Waals surface area contributed by atoms with Crippen LogP contribution in [-0.2, 0) is 18.4 Å². The summed E-state index contributed by atoms with van der Waals surface area (Å²) < 4.78 is 23.2. The molecule has 0 spiro atoms. The number of phosphoric acid groups is 1. The van der Waals surface area contributed by atoms with Gasteiger partial charge in [0.05, 0.1) is 39.9 Å². The molecule has 0 fully saturated rings. The molecule has 0 aliphatic rings. The van der Waals surface area contributed by atoms with Crippen molar-refractivity contribution >= 4 is 13.7 Å². The van der Waals surface area contributed by atoms with Gasteiger partial charge in [-0.15, -0.1) is 0 Å². The Morgan fingerprint density at radius 1 is 0.567 bits per heavy atom. The number of nitrogens with one attached hydrogen (secondary N) is 1. The highest BCUT2D eigenvalue weighted by Crippen LogP contribution is 2.38. The number of amides is 1. The van der Waals surface area contributed by atoms with Crippen LogP contribution < -0.4 is 10.2 Å². The number of likely N-dealkylation sites (N-methyl/N-ethyl adjacent to an activating group) is 1. The molecule has 0 saturated carbocycles. The number of rotatable bonds is 45. The minimum atomic E-state index is -4.60. The second-order valence-corrected chi connectivity index (χ2v) is 19.6. The lowest BCUT2D eigenvalue weighted by Gasteiger charge is -2.29. The molecule has 60 heavy (non-hydrogen) atoms. The average molecular weight is 865 g/mol. The lowest BCUT2D eigenvalue weighted by Crippen LogP contribution is -2.45. The molecule has 352 valence electrons. The number of unbranched alkanes of at least 4 members (excludes halogenated alkanes) is 26. The lowest BCUT2D eigenvalue weighted by molar-refractivity contribution is -0.870. The maximum absolute atomic E-state index is 12.9. The van der Waals surface area contributed by atoms with E-state index in [1.807, 2.05) is 27.2 Å². The minimum absolute atomic E-state index is 0.0106. The molecular weight excluding hydrogens is 768 g/mol. The summed E-state index contributed by atoms with van der Waals surface area (Å²) >= 11 is 0. The molecule has 1 amide bonds. The third kappa shape index (κ3) is 44.5. The molecule has 3 atom stereocenters. The van der Waals surface area contributed by atoms with Gasteiger partial charge in [0, 0.05) is 6.42 Å².